The molecule has 0 bridgehead atoms. The molecule has 0 aliphatic carbocycles. The summed E-state index contributed by atoms with van der Waals surface area (Å²) in [5, 5.41) is 8.50. The normalized spacial score (nSPS) is 10.6. The van der Waals surface area contributed by atoms with Crippen LogP contribution >= 0.6 is 11.6 Å². The van der Waals surface area contributed by atoms with Gasteiger partial charge in [0.2, 0.25) is 0 Å². The van der Waals surface area contributed by atoms with Crippen molar-refractivity contribution in [3.05, 3.63) is 59.1 Å². The molecule has 2 aromatic rings. The molecular weight excluding hydrogens is 236 g/mol. The van der Waals surface area contributed by atoms with E-state index in [1.807, 2.05) is 30.3 Å². The van der Waals surface area contributed by atoms with Crippen molar-refractivity contribution in [2.24, 2.45) is 10.2 Å². The molecule has 0 radical (unpaired) electrons. The van der Waals surface area contributed by atoms with Crippen LogP contribution in [0.5, 0.6) is 0 Å². The van der Waals surface area contributed by atoms with E-state index >= 15 is 0 Å². The lowest BCUT2D eigenvalue weighted by Gasteiger charge is -1.97. The number of azo groups is 1. The van der Waals surface area contributed by atoms with Gasteiger partial charge >= 0.3 is 0 Å². The molecule has 4 heteroatoms. The predicted molar refractivity (Wildman–Crippen MR) is 67.5 cm³/mol. The number of nitrogens with zero attached hydrogens (tertiary/aromatic N) is 2. The van der Waals surface area contributed by atoms with Crippen molar-refractivity contribution in [1.82, 2.24) is 0 Å². The molecule has 0 amide bonds. The van der Waals surface area contributed by atoms with Gasteiger partial charge in [-0.25, -0.2) is 0 Å². The zero-order chi connectivity index (χ0) is 12.1. The van der Waals surface area contributed by atoms with E-state index in [4.69, 9.17) is 11.6 Å². The maximum absolute atomic E-state index is 10.7. The maximum Gasteiger partial charge on any atom is 0.151 e. The van der Waals surface area contributed by atoms with Crippen molar-refractivity contribution in [3.8, 4) is 0 Å². The summed E-state index contributed by atoms with van der Waals surface area (Å²) < 4.78 is 0. The van der Waals surface area contributed by atoms with Crippen LogP contribution in [-0.4, -0.2) is 6.29 Å². The van der Waals surface area contributed by atoms with Gasteiger partial charge in [-0.15, -0.1) is 0 Å². The first kappa shape index (κ1) is 11.5. The Bertz CT molecular complexity index is 553. The van der Waals surface area contributed by atoms with Gasteiger partial charge in [0.15, 0.2) is 6.29 Å². The molecule has 0 unspecified atom stereocenters. The van der Waals surface area contributed by atoms with Crippen LogP contribution in [0.1, 0.15) is 10.4 Å². The second-order valence-electron chi connectivity index (χ2n) is 3.36. The zero-order valence-electron chi connectivity index (χ0n) is 8.88. The van der Waals surface area contributed by atoms with Crippen LogP contribution in [0.25, 0.3) is 0 Å². The van der Waals surface area contributed by atoms with Gasteiger partial charge in [-0.05, 0) is 30.3 Å². The molecule has 0 aromatic heterocycles. The number of carbonyl (C=O) groups is 1. The minimum absolute atomic E-state index is 0.413. The van der Waals surface area contributed by atoms with Crippen LogP contribution in [0.15, 0.2) is 58.8 Å². The van der Waals surface area contributed by atoms with Crippen LogP contribution in [0.4, 0.5) is 11.4 Å². The fourth-order valence-electron chi connectivity index (χ4n) is 1.29. The standard InChI is InChI=1S/C13H9ClN2O/c14-13-7-6-12(8-10(13)9-17)16-15-11-4-2-1-3-5-11/h1-9H. The minimum Gasteiger partial charge on any atom is -0.298 e. The van der Waals surface area contributed by atoms with Crippen molar-refractivity contribution < 1.29 is 4.79 Å². The Hall–Kier alpha value is -2.00. The number of hydrogen-bond donors (Lipinski definition) is 0. The minimum atomic E-state index is 0.413. The second-order valence-corrected chi connectivity index (χ2v) is 3.77. The lowest BCUT2D eigenvalue weighted by Crippen LogP contribution is -1.79. The van der Waals surface area contributed by atoms with Crippen molar-refractivity contribution >= 4 is 29.3 Å². The summed E-state index contributed by atoms with van der Waals surface area (Å²) in [4.78, 5) is 10.7. The molecular formula is C13H9ClN2O. The average molecular weight is 245 g/mol. The van der Waals surface area contributed by atoms with Crippen LogP contribution in [0.2, 0.25) is 5.02 Å². The molecule has 0 saturated carbocycles. The lowest BCUT2D eigenvalue weighted by atomic mass is 10.2. The van der Waals surface area contributed by atoms with Crippen LogP contribution in [0, 0.1) is 0 Å². The fourth-order valence-corrected chi connectivity index (χ4v) is 1.46. The molecule has 0 atom stereocenters. The van der Waals surface area contributed by atoms with Gasteiger partial charge < -0.3 is 0 Å². The monoisotopic (exact) mass is 244 g/mol. The zero-order valence-corrected chi connectivity index (χ0v) is 9.63. The van der Waals surface area contributed by atoms with E-state index in [-0.39, 0.29) is 0 Å². The third-order valence-electron chi connectivity index (χ3n) is 2.14. The number of halogens is 1. The Morgan fingerprint density at radius 3 is 2.35 bits per heavy atom. The van der Waals surface area contributed by atoms with E-state index in [2.05, 4.69) is 10.2 Å². The van der Waals surface area contributed by atoms with Gasteiger partial charge in [-0.2, -0.15) is 10.2 Å². The van der Waals surface area contributed by atoms with Gasteiger partial charge in [0.1, 0.15) is 0 Å². The van der Waals surface area contributed by atoms with Crippen LogP contribution < -0.4 is 0 Å². The summed E-state index contributed by atoms with van der Waals surface area (Å²) >= 11 is 5.81. The maximum atomic E-state index is 10.7. The molecule has 0 heterocycles. The molecule has 0 aliphatic rings. The van der Waals surface area contributed by atoms with Crippen molar-refractivity contribution in [1.29, 1.82) is 0 Å². The molecule has 2 aromatic carbocycles. The lowest BCUT2D eigenvalue weighted by molar-refractivity contribution is 0.112. The smallest absolute Gasteiger partial charge is 0.151 e. The summed E-state index contributed by atoms with van der Waals surface area (Å²) in [6.07, 6.45) is 0.698. The molecule has 3 nitrogen and oxygen atoms in total. The Balaban J connectivity index is 2.25. The van der Waals surface area contributed by atoms with Crippen molar-refractivity contribution in [3.63, 3.8) is 0 Å². The third-order valence-corrected chi connectivity index (χ3v) is 2.49. The summed E-state index contributed by atoms with van der Waals surface area (Å²) in [6, 6.07) is 14.3. The summed E-state index contributed by atoms with van der Waals surface area (Å²) in [6.45, 7) is 0. The van der Waals surface area contributed by atoms with E-state index in [0.29, 0.717) is 22.6 Å². The molecule has 0 N–H and O–H groups in total. The summed E-state index contributed by atoms with van der Waals surface area (Å²) in [5.74, 6) is 0. The fraction of sp³-hybridized carbons (Fsp3) is 0. The van der Waals surface area contributed by atoms with Crippen LogP contribution in [0.3, 0.4) is 0 Å². The molecule has 0 aliphatic heterocycles. The average Bonchev–Trinajstić information content (AvgIpc) is 2.39. The molecule has 0 spiro atoms. The Morgan fingerprint density at radius 1 is 0.941 bits per heavy atom. The Morgan fingerprint density at radius 2 is 1.65 bits per heavy atom. The number of hydrogen-bond acceptors (Lipinski definition) is 3. The van der Waals surface area contributed by atoms with E-state index in [9.17, 15) is 4.79 Å². The molecule has 17 heavy (non-hydrogen) atoms. The summed E-state index contributed by atoms with van der Waals surface area (Å²) in [5.41, 5.74) is 1.77. The topological polar surface area (TPSA) is 41.8 Å². The highest BCUT2D eigenvalue weighted by Gasteiger charge is 1.99. The van der Waals surface area contributed by atoms with E-state index in [0.717, 1.165) is 5.69 Å². The van der Waals surface area contributed by atoms with Gasteiger partial charge in [0, 0.05) is 5.56 Å². The second kappa shape index (κ2) is 5.37. The highest BCUT2D eigenvalue weighted by atomic mass is 35.5. The van der Waals surface area contributed by atoms with Crippen molar-refractivity contribution in [2.45, 2.75) is 0 Å². The quantitative estimate of drug-likeness (QED) is 0.576. The number of aldehydes is 1. The first-order valence-corrected chi connectivity index (χ1v) is 5.39. The largest absolute Gasteiger partial charge is 0.298 e. The van der Waals surface area contributed by atoms with E-state index < -0.39 is 0 Å². The third kappa shape index (κ3) is 2.98. The van der Waals surface area contributed by atoms with Crippen LogP contribution in [-0.2, 0) is 0 Å². The number of rotatable bonds is 3. The Labute approximate surface area is 104 Å². The first-order chi connectivity index (χ1) is 8.29. The van der Waals surface area contributed by atoms with E-state index in [1.165, 1.54) is 0 Å². The Kier molecular flexibility index (Phi) is 3.62. The molecule has 0 fully saturated rings. The molecule has 2 rings (SSSR count). The van der Waals surface area contributed by atoms with Crippen molar-refractivity contribution in [2.75, 3.05) is 0 Å². The van der Waals surface area contributed by atoms with Gasteiger partial charge in [-0.1, -0.05) is 29.8 Å². The first-order valence-electron chi connectivity index (χ1n) is 5.01. The predicted octanol–water partition coefficient (Wildman–Crippen LogP) is 4.57. The van der Waals surface area contributed by atoms with E-state index in [1.54, 1.807) is 18.2 Å². The SMILES string of the molecule is O=Cc1cc(N=Nc2ccccc2)ccc1Cl. The molecule has 84 valence electrons. The number of carbonyl (C=O) groups excluding carboxylic acids is 1. The van der Waals surface area contributed by atoms with Gasteiger partial charge in [-0.3, -0.25) is 4.79 Å². The molecule has 0 saturated heterocycles. The van der Waals surface area contributed by atoms with Gasteiger partial charge in [0.25, 0.3) is 0 Å². The summed E-state index contributed by atoms with van der Waals surface area (Å²) in [7, 11) is 0. The highest BCUT2D eigenvalue weighted by molar-refractivity contribution is 6.33. The number of benzene rings is 2. The highest BCUT2D eigenvalue weighted by Crippen LogP contribution is 2.23. The van der Waals surface area contributed by atoms with Gasteiger partial charge in [0.05, 0.1) is 16.4 Å².